The molecule has 4 rings (SSSR count). The van der Waals surface area contributed by atoms with Crippen molar-refractivity contribution in [3.63, 3.8) is 0 Å². The number of amides is 1. The predicted molar refractivity (Wildman–Crippen MR) is 105 cm³/mol. The van der Waals surface area contributed by atoms with Gasteiger partial charge in [-0.25, -0.2) is 8.42 Å². The first-order valence-electron chi connectivity index (χ1n) is 9.61. The molecule has 0 radical (unpaired) electrons. The van der Waals surface area contributed by atoms with Crippen molar-refractivity contribution in [3.8, 4) is 0 Å². The third-order valence-electron chi connectivity index (χ3n) is 5.34. The van der Waals surface area contributed by atoms with Crippen LogP contribution in [0, 0.1) is 0 Å². The number of hydrogen-bond donors (Lipinski definition) is 1. The second-order valence-electron chi connectivity index (χ2n) is 7.23. The molecule has 1 fully saturated rings. The summed E-state index contributed by atoms with van der Waals surface area (Å²) in [6, 6.07) is 14.2. The van der Waals surface area contributed by atoms with Crippen molar-refractivity contribution in [3.05, 3.63) is 65.2 Å². The van der Waals surface area contributed by atoms with Crippen molar-refractivity contribution < 1.29 is 17.9 Å². The lowest BCUT2D eigenvalue weighted by Crippen LogP contribution is -2.36. The lowest BCUT2D eigenvalue weighted by Gasteiger charge is -2.28. The van der Waals surface area contributed by atoms with Crippen LogP contribution in [0.2, 0.25) is 0 Å². The van der Waals surface area contributed by atoms with Crippen molar-refractivity contribution >= 4 is 15.9 Å². The van der Waals surface area contributed by atoms with Crippen molar-refractivity contribution in [1.82, 2.24) is 9.62 Å². The smallest absolute Gasteiger partial charge is 0.251 e. The van der Waals surface area contributed by atoms with Gasteiger partial charge in [0, 0.05) is 31.8 Å². The summed E-state index contributed by atoms with van der Waals surface area (Å²) in [6.07, 6.45) is 2.68. The molecule has 1 atom stereocenters. The van der Waals surface area contributed by atoms with Gasteiger partial charge in [-0.05, 0) is 48.6 Å². The van der Waals surface area contributed by atoms with E-state index in [4.69, 9.17) is 4.74 Å². The maximum atomic E-state index is 13.1. The summed E-state index contributed by atoms with van der Waals surface area (Å²) in [5.41, 5.74) is 2.57. The molecular formula is C21H24N2O4S. The van der Waals surface area contributed by atoms with Crippen LogP contribution in [0.5, 0.6) is 0 Å². The van der Waals surface area contributed by atoms with Gasteiger partial charge in [-0.3, -0.25) is 4.79 Å². The topological polar surface area (TPSA) is 75.7 Å². The number of carbonyl (C=O) groups is 1. The Bertz CT molecular complexity index is 968. The lowest BCUT2D eigenvalue weighted by molar-refractivity contribution is 0.0857. The Kier molecular flexibility index (Phi) is 5.48. The molecule has 7 heteroatoms. The fraction of sp³-hybridized carbons (Fsp3) is 0.381. The number of fused-ring (bicyclic) bond motifs is 1. The van der Waals surface area contributed by atoms with Crippen molar-refractivity contribution in [2.75, 3.05) is 19.7 Å². The zero-order valence-corrected chi connectivity index (χ0v) is 16.5. The fourth-order valence-corrected chi connectivity index (χ4v) is 5.20. The van der Waals surface area contributed by atoms with E-state index in [0.29, 0.717) is 31.6 Å². The molecule has 2 aliphatic heterocycles. The molecule has 0 aromatic heterocycles. The molecule has 0 bridgehead atoms. The molecule has 28 heavy (non-hydrogen) atoms. The molecule has 1 saturated heterocycles. The Morgan fingerprint density at radius 2 is 1.96 bits per heavy atom. The molecule has 1 unspecified atom stereocenters. The summed E-state index contributed by atoms with van der Waals surface area (Å²) < 4.78 is 33.2. The van der Waals surface area contributed by atoms with Crippen LogP contribution >= 0.6 is 0 Å². The highest BCUT2D eigenvalue weighted by atomic mass is 32.2. The Hall–Kier alpha value is -2.22. The van der Waals surface area contributed by atoms with Crippen LogP contribution in [0.3, 0.4) is 0 Å². The van der Waals surface area contributed by atoms with Crippen LogP contribution in [0.25, 0.3) is 0 Å². The van der Waals surface area contributed by atoms with Crippen molar-refractivity contribution in [2.45, 2.75) is 36.8 Å². The first-order valence-corrected chi connectivity index (χ1v) is 11.0. The number of nitrogens with one attached hydrogen (secondary N) is 1. The van der Waals surface area contributed by atoms with Crippen molar-refractivity contribution in [1.29, 1.82) is 0 Å². The van der Waals surface area contributed by atoms with Gasteiger partial charge in [-0.1, -0.05) is 30.3 Å². The second kappa shape index (κ2) is 8.03. The summed E-state index contributed by atoms with van der Waals surface area (Å²) >= 11 is 0. The summed E-state index contributed by atoms with van der Waals surface area (Å²) in [5, 5.41) is 2.84. The average Bonchev–Trinajstić information content (AvgIpc) is 3.25. The van der Waals surface area contributed by atoms with E-state index < -0.39 is 10.0 Å². The highest BCUT2D eigenvalue weighted by Crippen LogP contribution is 2.25. The number of nitrogens with zero attached hydrogens (tertiary/aromatic N) is 1. The third kappa shape index (κ3) is 3.97. The minimum atomic E-state index is -3.66. The Morgan fingerprint density at radius 3 is 2.75 bits per heavy atom. The molecular weight excluding hydrogens is 376 g/mol. The molecule has 2 heterocycles. The maximum Gasteiger partial charge on any atom is 0.251 e. The van der Waals surface area contributed by atoms with Crippen LogP contribution in [-0.2, 0) is 27.7 Å². The van der Waals surface area contributed by atoms with Gasteiger partial charge >= 0.3 is 0 Å². The Balaban J connectivity index is 1.49. The maximum absolute atomic E-state index is 13.1. The molecule has 0 saturated carbocycles. The molecule has 2 aromatic rings. The monoisotopic (exact) mass is 400 g/mol. The Morgan fingerprint density at radius 1 is 1.14 bits per heavy atom. The van der Waals surface area contributed by atoms with E-state index in [2.05, 4.69) is 5.32 Å². The molecule has 0 aliphatic carbocycles. The standard InChI is InChI=1S/C21H24N2O4S/c24-21(22-14-19-8-4-12-27-19)17-7-3-9-20(13-17)28(25,26)23-11-10-16-5-1-2-6-18(16)15-23/h1-3,5-7,9,13,19H,4,8,10-12,14-15H2,(H,22,24). The number of sulfonamides is 1. The minimum absolute atomic E-state index is 0.0456. The first-order chi connectivity index (χ1) is 13.5. The molecule has 2 aliphatic rings. The lowest BCUT2D eigenvalue weighted by atomic mass is 10.0. The van der Waals surface area contributed by atoms with Crippen LogP contribution < -0.4 is 5.32 Å². The highest BCUT2D eigenvalue weighted by molar-refractivity contribution is 7.89. The molecule has 0 spiro atoms. The van der Waals surface area contributed by atoms with E-state index in [0.717, 1.165) is 25.0 Å². The summed E-state index contributed by atoms with van der Waals surface area (Å²) in [6.45, 7) is 1.97. The SMILES string of the molecule is O=C(NCC1CCCO1)c1cccc(S(=O)(=O)N2CCc3ccccc3C2)c1. The minimum Gasteiger partial charge on any atom is -0.376 e. The average molecular weight is 401 g/mol. The second-order valence-corrected chi connectivity index (χ2v) is 9.17. The van der Waals surface area contributed by atoms with E-state index in [-0.39, 0.29) is 16.9 Å². The van der Waals surface area contributed by atoms with E-state index >= 15 is 0 Å². The van der Waals surface area contributed by atoms with E-state index in [1.807, 2.05) is 24.3 Å². The number of benzene rings is 2. The van der Waals surface area contributed by atoms with Gasteiger partial charge in [0.05, 0.1) is 11.0 Å². The zero-order valence-electron chi connectivity index (χ0n) is 15.6. The van der Waals surface area contributed by atoms with Gasteiger partial charge in [0.2, 0.25) is 10.0 Å². The Labute approximate surface area is 165 Å². The first kappa shape index (κ1) is 19.1. The van der Waals surface area contributed by atoms with Crippen LogP contribution in [0.1, 0.15) is 34.3 Å². The predicted octanol–water partition coefficient (Wildman–Crippen LogP) is 2.34. The molecule has 2 aromatic carbocycles. The van der Waals surface area contributed by atoms with Gasteiger partial charge in [0.15, 0.2) is 0 Å². The van der Waals surface area contributed by atoms with E-state index in [1.54, 1.807) is 18.2 Å². The van der Waals surface area contributed by atoms with E-state index in [1.165, 1.54) is 15.9 Å². The number of ether oxygens (including phenoxy) is 1. The zero-order chi connectivity index (χ0) is 19.6. The highest BCUT2D eigenvalue weighted by Gasteiger charge is 2.28. The fourth-order valence-electron chi connectivity index (χ4n) is 3.74. The van der Waals surface area contributed by atoms with Gasteiger partial charge < -0.3 is 10.1 Å². The quantitative estimate of drug-likeness (QED) is 0.836. The molecule has 148 valence electrons. The normalized spacial score (nSPS) is 19.9. The molecule has 1 N–H and O–H groups in total. The van der Waals surface area contributed by atoms with Crippen molar-refractivity contribution in [2.24, 2.45) is 0 Å². The van der Waals surface area contributed by atoms with Gasteiger partial charge in [-0.2, -0.15) is 4.31 Å². The number of rotatable bonds is 5. The third-order valence-corrected chi connectivity index (χ3v) is 7.19. The molecule has 6 nitrogen and oxygen atoms in total. The van der Waals surface area contributed by atoms with Crippen LogP contribution in [0.15, 0.2) is 53.4 Å². The summed E-state index contributed by atoms with van der Waals surface area (Å²) in [7, 11) is -3.66. The van der Waals surface area contributed by atoms with Crippen LogP contribution in [-0.4, -0.2) is 44.4 Å². The van der Waals surface area contributed by atoms with Crippen LogP contribution in [0.4, 0.5) is 0 Å². The van der Waals surface area contributed by atoms with Gasteiger partial charge in [0.1, 0.15) is 0 Å². The summed E-state index contributed by atoms with van der Waals surface area (Å²) in [4.78, 5) is 12.6. The van der Waals surface area contributed by atoms with Gasteiger partial charge in [0.25, 0.3) is 5.91 Å². The van der Waals surface area contributed by atoms with E-state index in [9.17, 15) is 13.2 Å². The summed E-state index contributed by atoms with van der Waals surface area (Å²) in [5.74, 6) is -0.281. The largest absolute Gasteiger partial charge is 0.376 e. The van der Waals surface area contributed by atoms with Gasteiger partial charge in [-0.15, -0.1) is 0 Å². The molecule has 1 amide bonds. The number of hydrogen-bond acceptors (Lipinski definition) is 4. The number of carbonyl (C=O) groups excluding carboxylic acids is 1.